The first kappa shape index (κ1) is 10.7. The second kappa shape index (κ2) is 3.11. The minimum Gasteiger partial charge on any atom is -0.480 e. The van der Waals surface area contributed by atoms with Crippen molar-refractivity contribution in [3.8, 4) is 0 Å². The van der Waals surface area contributed by atoms with E-state index < -0.39 is 10.8 Å². The second-order valence-electron chi connectivity index (χ2n) is 4.57. The van der Waals surface area contributed by atoms with Gasteiger partial charge in [0.2, 0.25) is 5.91 Å². The zero-order valence-electron chi connectivity index (χ0n) is 8.62. The van der Waals surface area contributed by atoms with Crippen molar-refractivity contribution in [1.82, 2.24) is 4.90 Å². The lowest BCUT2D eigenvalue weighted by Gasteiger charge is -2.32. The number of carbonyl (C=O) groups is 2. The number of amides is 1. The van der Waals surface area contributed by atoms with Crippen LogP contribution in [-0.2, 0) is 9.59 Å². The Kier molecular flexibility index (Phi) is 2.23. The van der Waals surface area contributed by atoms with Crippen LogP contribution < -0.4 is 0 Å². The highest BCUT2D eigenvalue weighted by atomic mass is 35.5. The Balaban J connectivity index is 2.01. The maximum atomic E-state index is 11.1. The van der Waals surface area contributed by atoms with Crippen LogP contribution >= 0.6 is 11.6 Å². The molecular weight excluding hydrogens is 218 g/mol. The van der Waals surface area contributed by atoms with Gasteiger partial charge in [0.1, 0.15) is 4.87 Å². The highest BCUT2D eigenvalue weighted by Crippen LogP contribution is 2.66. The van der Waals surface area contributed by atoms with Gasteiger partial charge < -0.3 is 10.0 Å². The Morgan fingerprint density at radius 1 is 1.33 bits per heavy atom. The lowest BCUT2D eigenvalue weighted by Crippen LogP contribution is -2.40. The van der Waals surface area contributed by atoms with Gasteiger partial charge in [-0.05, 0) is 19.3 Å². The molecule has 0 bridgehead atoms. The molecule has 0 aromatic rings. The number of likely N-dealkylation sites (tertiary alicyclic amines) is 1. The fourth-order valence-corrected chi connectivity index (χ4v) is 2.99. The zero-order chi connectivity index (χ0) is 11.3. The summed E-state index contributed by atoms with van der Waals surface area (Å²) >= 11 is 6.04. The Bertz CT molecular complexity index is 323. The molecule has 1 spiro atoms. The van der Waals surface area contributed by atoms with Gasteiger partial charge in [-0.1, -0.05) is 0 Å². The average Bonchev–Trinajstić information content (AvgIpc) is 2.73. The number of carbonyl (C=O) groups excluding carboxylic acids is 1. The van der Waals surface area contributed by atoms with E-state index in [1.54, 1.807) is 4.90 Å². The summed E-state index contributed by atoms with van der Waals surface area (Å²) < 4.78 is 0. The standard InChI is InChI=1S/C10H14ClNO3/c1-7(13)12-4-2-9(3-5-12)6-10(9,11)8(14)15/h2-6H2,1H3,(H,14,15). The van der Waals surface area contributed by atoms with Crippen LogP contribution in [0.25, 0.3) is 0 Å². The fourth-order valence-electron chi connectivity index (χ4n) is 2.55. The van der Waals surface area contributed by atoms with Crippen molar-refractivity contribution in [2.75, 3.05) is 13.1 Å². The van der Waals surface area contributed by atoms with Crippen molar-refractivity contribution in [2.24, 2.45) is 5.41 Å². The molecule has 2 rings (SSSR count). The number of nitrogens with zero attached hydrogens (tertiary/aromatic N) is 1. The first-order valence-corrected chi connectivity index (χ1v) is 5.47. The van der Waals surface area contributed by atoms with Crippen LogP contribution in [0.5, 0.6) is 0 Å². The van der Waals surface area contributed by atoms with Gasteiger partial charge in [0.05, 0.1) is 0 Å². The molecular formula is C10H14ClNO3. The SMILES string of the molecule is CC(=O)N1CCC2(CC1)CC2(Cl)C(=O)O. The van der Waals surface area contributed by atoms with Crippen LogP contribution in [0.1, 0.15) is 26.2 Å². The number of aliphatic carboxylic acids is 1. The van der Waals surface area contributed by atoms with Gasteiger partial charge >= 0.3 is 5.97 Å². The van der Waals surface area contributed by atoms with Gasteiger partial charge in [0.15, 0.2) is 0 Å². The smallest absolute Gasteiger partial charge is 0.325 e. The Hall–Kier alpha value is -0.770. The van der Waals surface area contributed by atoms with Gasteiger partial charge in [0, 0.05) is 25.4 Å². The molecule has 4 nitrogen and oxygen atoms in total. The monoisotopic (exact) mass is 231 g/mol. The van der Waals surface area contributed by atoms with E-state index >= 15 is 0 Å². The highest BCUT2D eigenvalue weighted by molar-refractivity contribution is 6.37. The molecule has 1 unspecified atom stereocenters. The largest absolute Gasteiger partial charge is 0.480 e. The summed E-state index contributed by atoms with van der Waals surface area (Å²) in [5, 5.41) is 8.99. The summed E-state index contributed by atoms with van der Waals surface area (Å²) in [5.74, 6) is -0.860. The van der Waals surface area contributed by atoms with Crippen molar-refractivity contribution in [3.63, 3.8) is 0 Å². The van der Waals surface area contributed by atoms with E-state index in [1.807, 2.05) is 0 Å². The molecule has 1 aliphatic heterocycles. The fraction of sp³-hybridized carbons (Fsp3) is 0.800. The summed E-state index contributed by atoms with van der Waals surface area (Å²) in [4.78, 5) is 22.8. The minimum atomic E-state index is -1.06. The molecule has 0 aromatic heterocycles. The lowest BCUT2D eigenvalue weighted by atomic mass is 9.90. The number of hydrogen-bond acceptors (Lipinski definition) is 2. The molecule has 0 radical (unpaired) electrons. The Morgan fingerprint density at radius 2 is 1.87 bits per heavy atom. The van der Waals surface area contributed by atoms with Crippen molar-refractivity contribution in [2.45, 2.75) is 31.1 Å². The molecule has 1 amide bonds. The molecule has 1 aliphatic carbocycles. The van der Waals surface area contributed by atoms with Crippen LogP contribution in [0.15, 0.2) is 0 Å². The summed E-state index contributed by atoms with van der Waals surface area (Å²) in [5.41, 5.74) is -0.258. The predicted octanol–water partition coefficient (Wildman–Crippen LogP) is 1.08. The van der Waals surface area contributed by atoms with Crippen LogP contribution in [-0.4, -0.2) is 39.8 Å². The van der Waals surface area contributed by atoms with E-state index in [0.29, 0.717) is 32.4 Å². The summed E-state index contributed by atoms with van der Waals surface area (Å²) in [6.07, 6.45) is 1.97. The maximum absolute atomic E-state index is 11.1. The molecule has 0 aromatic carbocycles. The van der Waals surface area contributed by atoms with Crippen LogP contribution in [0.3, 0.4) is 0 Å². The maximum Gasteiger partial charge on any atom is 0.325 e. The summed E-state index contributed by atoms with van der Waals surface area (Å²) in [6.45, 7) is 2.81. The summed E-state index contributed by atoms with van der Waals surface area (Å²) in [7, 11) is 0. The van der Waals surface area contributed by atoms with Gasteiger partial charge in [-0.3, -0.25) is 9.59 Å². The Morgan fingerprint density at radius 3 is 2.20 bits per heavy atom. The molecule has 84 valence electrons. The third-order valence-corrected chi connectivity index (χ3v) is 4.50. The number of rotatable bonds is 1. The van der Waals surface area contributed by atoms with E-state index in [2.05, 4.69) is 0 Å². The number of carboxylic acid groups (broad SMARTS) is 1. The lowest BCUT2D eigenvalue weighted by molar-refractivity contribution is -0.138. The normalized spacial score (nSPS) is 32.8. The molecule has 1 atom stereocenters. The van der Waals surface area contributed by atoms with Gasteiger partial charge in [-0.2, -0.15) is 0 Å². The number of piperidine rings is 1. The number of halogens is 1. The topological polar surface area (TPSA) is 57.6 Å². The van der Waals surface area contributed by atoms with E-state index in [-0.39, 0.29) is 11.3 Å². The second-order valence-corrected chi connectivity index (χ2v) is 5.21. The molecule has 2 aliphatic rings. The van der Waals surface area contributed by atoms with Crippen molar-refractivity contribution in [1.29, 1.82) is 0 Å². The van der Waals surface area contributed by atoms with Gasteiger partial charge in [0.25, 0.3) is 0 Å². The van der Waals surface area contributed by atoms with Crippen LogP contribution in [0.4, 0.5) is 0 Å². The van der Waals surface area contributed by atoms with E-state index in [0.717, 1.165) is 0 Å². The molecule has 1 saturated carbocycles. The minimum absolute atomic E-state index is 0.0565. The van der Waals surface area contributed by atoms with Crippen molar-refractivity contribution < 1.29 is 14.7 Å². The van der Waals surface area contributed by atoms with E-state index in [1.165, 1.54) is 6.92 Å². The number of hydrogen-bond donors (Lipinski definition) is 1. The number of carboxylic acids is 1. The van der Waals surface area contributed by atoms with Crippen LogP contribution in [0.2, 0.25) is 0 Å². The quantitative estimate of drug-likeness (QED) is 0.687. The third kappa shape index (κ3) is 1.42. The molecule has 1 N–H and O–H groups in total. The van der Waals surface area contributed by atoms with Gasteiger partial charge in [-0.15, -0.1) is 11.6 Å². The molecule has 5 heteroatoms. The first-order chi connectivity index (χ1) is 6.91. The van der Waals surface area contributed by atoms with Crippen molar-refractivity contribution in [3.05, 3.63) is 0 Å². The molecule has 2 fully saturated rings. The Labute approximate surface area is 93.2 Å². The predicted molar refractivity (Wildman–Crippen MR) is 54.8 cm³/mol. The zero-order valence-corrected chi connectivity index (χ0v) is 9.38. The van der Waals surface area contributed by atoms with Crippen molar-refractivity contribution >= 4 is 23.5 Å². The summed E-state index contributed by atoms with van der Waals surface area (Å²) in [6, 6.07) is 0. The van der Waals surface area contributed by atoms with E-state index in [4.69, 9.17) is 16.7 Å². The van der Waals surface area contributed by atoms with Crippen LogP contribution in [0, 0.1) is 5.41 Å². The molecule has 1 heterocycles. The van der Waals surface area contributed by atoms with Gasteiger partial charge in [-0.25, -0.2) is 0 Å². The third-order valence-electron chi connectivity index (χ3n) is 3.80. The number of alkyl halides is 1. The first-order valence-electron chi connectivity index (χ1n) is 5.09. The highest BCUT2D eigenvalue weighted by Gasteiger charge is 2.71. The average molecular weight is 232 g/mol. The van der Waals surface area contributed by atoms with E-state index in [9.17, 15) is 9.59 Å². The molecule has 15 heavy (non-hydrogen) atoms. The molecule has 1 saturated heterocycles.